The van der Waals surface area contributed by atoms with Gasteiger partial charge in [0.25, 0.3) is 0 Å². The van der Waals surface area contributed by atoms with Crippen LogP contribution in [0.4, 0.5) is 11.8 Å². The predicted molar refractivity (Wildman–Crippen MR) is 92.8 cm³/mol. The van der Waals surface area contributed by atoms with E-state index in [0.29, 0.717) is 12.4 Å². The van der Waals surface area contributed by atoms with E-state index in [0.717, 1.165) is 23.0 Å². The van der Waals surface area contributed by atoms with E-state index in [4.69, 9.17) is 16.6 Å². The number of nitrogens with two attached hydrogens (primary N) is 2. The highest BCUT2D eigenvalue weighted by Gasteiger charge is 2.15. The van der Waals surface area contributed by atoms with Gasteiger partial charge in [0.1, 0.15) is 5.52 Å². The normalized spacial score (nSPS) is 12.4. The van der Waals surface area contributed by atoms with Crippen LogP contribution in [0.15, 0.2) is 36.5 Å². The molecular formula is C17H19N5O2. The molecule has 0 saturated heterocycles. The molecule has 0 saturated carbocycles. The molecule has 0 bridgehead atoms. The van der Waals surface area contributed by atoms with Crippen molar-refractivity contribution < 1.29 is 9.90 Å². The van der Waals surface area contributed by atoms with Crippen LogP contribution in [0.2, 0.25) is 0 Å². The number of hydrogen-bond donors (Lipinski definition) is 3. The highest BCUT2D eigenvalue weighted by molar-refractivity contribution is 5.87. The Labute approximate surface area is 138 Å². The van der Waals surface area contributed by atoms with Gasteiger partial charge < -0.3 is 21.1 Å². The van der Waals surface area contributed by atoms with Crippen LogP contribution < -0.4 is 11.5 Å². The van der Waals surface area contributed by atoms with Crippen LogP contribution in [0.25, 0.3) is 11.0 Å². The highest BCUT2D eigenvalue weighted by atomic mass is 16.4. The summed E-state index contributed by atoms with van der Waals surface area (Å²) >= 11 is 0. The van der Waals surface area contributed by atoms with Gasteiger partial charge in [0.15, 0.2) is 5.82 Å². The molecular weight excluding hydrogens is 306 g/mol. The van der Waals surface area contributed by atoms with E-state index >= 15 is 0 Å². The first-order valence-corrected chi connectivity index (χ1v) is 7.70. The SMILES string of the molecule is CCC(Cn1ccc2nc(N)nc(N)c21)c1ccc(C(=O)O)cc1. The maximum absolute atomic E-state index is 11.0. The summed E-state index contributed by atoms with van der Waals surface area (Å²) in [5, 5.41) is 9.01. The summed E-state index contributed by atoms with van der Waals surface area (Å²) in [5.74, 6) is -0.179. The van der Waals surface area contributed by atoms with Gasteiger partial charge in [-0.15, -0.1) is 0 Å². The van der Waals surface area contributed by atoms with Gasteiger partial charge in [0.2, 0.25) is 5.95 Å². The molecule has 0 fully saturated rings. The van der Waals surface area contributed by atoms with Crippen molar-refractivity contribution in [2.24, 2.45) is 0 Å². The number of aromatic nitrogens is 3. The van der Waals surface area contributed by atoms with Crippen molar-refractivity contribution in [1.29, 1.82) is 0 Å². The summed E-state index contributed by atoms with van der Waals surface area (Å²) in [6.45, 7) is 2.79. The molecule has 0 aliphatic heterocycles. The summed E-state index contributed by atoms with van der Waals surface area (Å²) < 4.78 is 2.02. The fraction of sp³-hybridized carbons (Fsp3) is 0.235. The predicted octanol–water partition coefficient (Wildman–Crippen LogP) is 2.49. The molecule has 7 heteroatoms. The monoisotopic (exact) mass is 325 g/mol. The van der Waals surface area contributed by atoms with Crippen LogP contribution in [0.1, 0.15) is 35.2 Å². The number of aromatic carboxylic acids is 1. The van der Waals surface area contributed by atoms with E-state index in [2.05, 4.69) is 16.9 Å². The summed E-state index contributed by atoms with van der Waals surface area (Å²) in [5.41, 5.74) is 14.5. The molecule has 0 spiro atoms. The number of benzene rings is 1. The lowest BCUT2D eigenvalue weighted by Crippen LogP contribution is -2.10. The number of carbonyl (C=O) groups is 1. The Morgan fingerprint density at radius 1 is 1.21 bits per heavy atom. The second-order valence-electron chi connectivity index (χ2n) is 5.70. The average molecular weight is 325 g/mol. The Balaban J connectivity index is 1.92. The molecule has 2 heterocycles. The maximum Gasteiger partial charge on any atom is 0.335 e. The van der Waals surface area contributed by atoms with E-state index in [9.17, 15) is 4.79 Å². The van der Waals surface area contributed by atoms with Crippen molar-refractivity contribution in [2.75, 3.05) is 11.5 Å². The van der Waals surface area contributed by atoms with Crippen molar-refractivity contribution >= 4 is 28.8 Å². The van der Waals surface area contributed by atoms with Gasteiger partial charge in [-0.3, -0.25) is 0 Å². The summed E-state index contributed by atoms with van der Waals surface area (Å²) in [6, 6.07) is 8.85. The van der Waals surface area contributed by atoms with Crippen LogP contribution >= 0.6 is 0 Å². The maximum atomic E-state index is 11.0. The number of anilines is 2. The zero-order valence-corrected chi connectivity index (χ0v) is 13.3. The Hall–Kier alpha value is -3.09. The molecule has 3 aromatic rings. The molecule has 0 amide bonds. The molecule has 7 nitrogen and oxygen atoms in total. The Morgan fingerprint density at radius 2 is 1.92 bits per heavy atom. The first kappa shape index (κ1) is 15.8. The van der Waals surface area contributed by atoms with Crippen molar-refractivity contribution in [3.63, 3.8) is 0 Å². The molecule has 124 valence electrons. The Bertz CT molecular complexity index is 886. The zero-order chi connectivity index (χ0) is 17.3. The van der Waals surface area contributed by atoms with E-state index < -0.39 is 5.97 Å². The zero-order valence-electron chi connectivity index (χ0n) is 13.3. The molecule has 1 unspecified atom stereocenters. The second kappa shape index (κ2) is 6.19. The number of nitrogens with zero attached hydrogens (tertiary/aromatic N) is 3. The number of nitrogen functional groups attached to an aromatic ring is 2. The van der Waals surface area contributed by atoms with Gasteiger partial charge >= 0.3 is 5.97 Å². The lowest BCUT2D eigenvalue weighted by atomic mass is 9.95. The fourth-order valence-electron chi connectivity index (χ4n) is 2.91. The first-order valence-electron chi connectivity index (χ1n) is 7.70. The Morgan fingerprint density at radius 3 is 2.54 bits per heavy atom. The van der Waals surface area contributed by atoms with E-state index in [-0.39, 0.29) is 17.4 Å². The average Bonchev–Trinajstić information content (AvgIpc) is 2.95. The molecule has 0 aliphatic rings. The van der Waals surface area contributed by atoms with Crippen LogP contribution in [-0.4, -0.2) is 25.6 Å². The molecule has 5 N–H and O–H groups in total. The van der Waals surface area contributed by atoms with Gasteiger partial charge in [-0.05, 0) is 30.2 Å². The molecule has 2 aromatic heterocycles. The number of fused-ring (bicyclic) bond motifs is 1. The minimum Gasteiger partial charge on any atom is -0.478 e. The highest BCUT2D eigenvalue weighted by Crippen LogP contribution is 2.26. The van der Waals surface area contributed by atoms with Crippen LogP contribution in [0, 0.1) is 0 Å². The molecule has 3 rings (SSSR count). The standard InChI is InChI=1S/C17H19N5O2/c1-2-10(11-3-5-12(6-4-11)16(23)24)9-22-8-7-13-14(22)15(18)21-17(19)20-13/h3-8,10H,2,9H2,1H3,(H,23,24)(H4,18,19,20,21). The summed E-state index contributed by atoms with van der Waals surface area (Å²) in [7, 11) is 0. The lowest BCUT2D eigenvalue weighted by Gasteiger charge is -2.17. The van der Waals surface area contributed by atoms with Gasteiger partial charge in [-0.2, -0.15) is 4.98 Å². The molecule has 0 radical (unpaired) electrons. The lowest BCUT2D eigenvalue weighted by molar-refractivity contribution is 0.0697. The topological polar surface area (TPSA) is 120 Å². The van der Waals surface area contributed by atoms with Crippen LogP contribution in [0.3, 0.4) is 0 Å². The third kappa shape index (κ3) is 2.88. The van der Waals surface area contributed by atoms with E-state index in [1.165, 1.54) is 0 Å². The molecule has 24 heavy (non-hydrogen) atoms. The first-order chi connectivity index (χ1) is 11.5. The minimum atomic E-state index is -0.923. The summed E-state index contributed by atoms with van der Waals surface area (Å²) in [6.07, 6.45) is 2.82. The van der Waals surface area contributed by atoms with Crippen molar-refractivity contribution in [2.45, 2.75) is 25.8 Å². The third-order valence-corrected chi connectivity index (χ3v) is 4.19. The van der Waals surface area contributed by atoms with Gasteiger partial charge in [-0.25, -0.2) is 9.78 Å². The quantitative estimate of drug-likeness (QED) is 0.663. The smallest absolute Gasteiger partial charge is 0.335 e. The second-order valence-corrected chi connectivity index (χ2v) is 5.70. The Kier molecular flexibility index (Phi) is 4.07. The van der Waals surface area contributed by atoms with Crippen molar-refractivity contribution in [3.8, 4) is 0 Å². The number of rotatable bonds is 5. The van der Waals surface area contributed by atoms with Crippen molar-refractivity contribution in [3.05, 3.63) is 47.7 Å². The van der Waals surface area contributed by atoms with Gasteiger partial charge in [-0.1, -0.05) is 19.1 Å². The van der Waals surface area contributed by atoms with Crippen LogP contribution in [0.5, 0.6) is 0 Å². The number of hydrogen-bond acceptors (Lipinski definition) is 5. The summed E-state index contributed by atoms with van der Waals surface area (Å²) in [4.78, 5) is 19.2. The van der Waals surface area contributed by atoms with E-state index in [1.54, 1.807) is 12.1 Å². The molecule has 0 aliphatic carbocycles. The van der Waals surface area contributed by atoms with E-state index in [1.807, 2.05) is 29.0 Å². The number of carboxylic acids is 1. The third-order valence-electron chi connectivity index (χ3n) is 4.19. The fourth-order valence-corrected chi connectivity index (χ4v) is 2.91. The molecule has 1 atom stereocenters. The number of carboxylic acid groups (broad SMARTS) is 1. The largest absolute Gasteiger partial charge is 0.478 e. The molecule has 1 aromatic carbocycles. The minimum absolute atomic E-state index is 0.161. The van der Waals surface area contributed by atoms with Crippen LogP contribution in [-0.2, 0) is 6.54 Å². The van der Waals surface area contributed by atoms with Gasteiger partial charge in [0, 0.05) is 18.7 Å². The van der Waals surface area contributed by atoms with Gasteiger partial charge in [0.05, 0.1) is 11.1 Å². The van der Waals surface area contributed by atoms with Crippen molar-refractivity contribution in [1.82, 2.24) is 14.5 Å².